The number of hydrogen-bond acceptors (Lipinski definition) is 8. The predicted molar refractivity (Wildman–Crippen MR) is 110 cm³/mol. The summed E-state index contributed by atoms with van der Waals surface area (Å²) in [6, 6.07) is 9.86. The first-order valence-electron chi connectivity index (χ1n) is 9.89. The van der Waals surface area contributed by atoms with Crippen LogP contribution in [0.3, 0.4) is 0 Å². The SMILES string of the molecule is CCc1ccccc1Oc1cc(N2CCC(Oc3ncc(F)c(N)n3)CC2)ncn1. The molecule has 156 valence electrons. The van der Waals surface area contributed by atoms with Gasteiger partial charge in [-0.1, -0.05) is 25.1 Å². The number of anilines is 2. The first-order chi connectivity index (χ1) is 14.6. The number of hydrogen-bond donors (Lipinski definition) is 1. The molecule has 0 radical (unpaired) electrons. The molecule has 3 heterocycles. The van der Waals surface area contributed by atoms with Crippen molar-refractivity contribution in [2.24, 2.45) is 0 Å². The fraction of sp³-hybridized carbons (Fsp3) is 0.333. The van der Waals surface area contributed by atoms with Gasteiger partial charge >= 0.3 is 6.01 Å². The zero-order valence-corrected chi connectivity index (χ0v) is 16.7. The summed E-state index contributed by atoms with van der Waals surface area (Å²) in [5.41, 5.74) is 6.60. The second kappa shape index (κ2) is 8.89. The summed E-state index contributed by atoms with van der Waals surface area (Å²) in [6.45, 7) is 3.57. The smallest absolute Gasteiger partial charge is 0.318 e. The van der Waals surface area contributed by atoms with Crippen LogP contribution in [0.2, 0.25) is 0 Å². The number of para-hydroxylation sites is 1. The molecule has 1 aromatic carbocycles. The number of aryl methyl sites for hydroxylation is 1. The second-order valence-corrected chi connectivity index (χ2v) is 6.97. The third kappa shape index (κ3) is 4.56. The van der Waals surface area contributed by atoms with E-state index in [1.807, 2.05) is 30.3 Å². The van der Waals surface area contributed by atoms with Crippen LogP contribution in [-0.4, -0.2) is 39.1 Å². The highest BCUT2D eigenvalue weighted by Crippen LogP contribution is 2.27. The Morgan fingerprint density at radius 3 is 2.73 bits per heavy atom. The predicted octanol–water partition coefficient (Wildman–Crippen LogP) is 3.39. The molecule has 0 atom stereocenters. The third-order valence-electron chi connectivity index (χ3n) is 4.98. The van der Waals surface area contributed by atoms with Crippen molar-refractivity contribution in [1.29, 1.82) is 0 Å². The minimum atomic E-state index is -0.652. The highest BCUT2D eigenvalue weighted by Gasteiger charge is 2.23. The number of nitrogens with two attached hydrogens (primary N) is 1. The van der Waals surface area contributed by atoms with E-state index in [0.717, 1.165) is 55.7 Å². The van der Waals surface area contributed by atoms with Crippen molar-refractivity contribution in [3.05, 3.63) is 54.2 Å². The Morgan fingerprint density at radius 1 is 1.17 bits per heavy atom. The molecule has 1 fully saturated rings. The largest absolute Gasteiger partial charge is 0.460 e. The number of benzene rings is 1. The van der Waals surface area contributed by atoms with E-state index in [4.69, 9.17) is 15.2 Å². The van der Waals surface area contributed by atoms with E-state index in [2.05, 4.69) is 31.8 Å². The van der Waals surface area contributed by atoms with E-state index >= 15 is 0 Å². The molecule has 30 heavy (non-hydrogen) atoms. The molecule has 0 bridgehead atoms. The Morgan fingerprint density at radius 2 is 1.97 bits per heavy atom. The maximum atomic E-state index is 13.2. The lowest BCUT2D eigenvalue weighted by atomic mass is 10.1. The molecular formula is C21H23FN6O2. The van der Waals surface area contributed by atoms with Gasteiger partial charge in [-0.15, -0.1) is 0 Å². The summed E-state index contributed by atoms with van der Waals surface area (Å²) in [6.07, 6.45) is 4.84. The molecule has 0 amide bonds. The van der Waals surface area contributed by atoms with Gasteiger partial charge < -0.3 is 20.1 Å². The third-order valence-corrected chi connectivity index (χ3v) is 4.98. The van der Waals surface area contributed by atoms with Gasteiger partial charge in [0.2, 0.25) is 5.88 Å². The standard InChI is InChI=1S/C21H23FN6O2/c1-2-14-5-3-4-6-17(14)30-19-11-18(25-13-26-19)28-9-7-15(8-10-28)29-21-24-12-16(22)20(23)27-21/h3-6,11-13,15H,2,7-10H2,1H3,(H2,23,24,27). The van der Waals surface area contributed by atoms with Crippen molar-refractivity contribution in [2.45, 2.75) is 32.3 Å². The van der Waals surface area contributed by atoms with Crippen LogP contribution < -0.4 is 20.1 Å². The van der Waals surface area contributed by atoms with Gasteiger partial charge in [0.05, 0.1) is 6.20 Å². The second-order valence-electron chi connectivity index (χ2n) is 6.97. The van der Waals surface area contributed by atoms with Gasteiger partial charge in [0.1, 0.15) is 24.0 Å². The average molecular weight is 410 g/mol. The number of piperidine rings is 1. The van der Waals surface area contributed by atoms with E-state index in [0.29, 0.717) is 5.88 Å². The molecule has 0 saturated carbocycles. The van der Waals surface area contributed by atoms with Crippen LogP contribution in [0.25, 0.3) is 0 Å². The van der Waals surface area contributed by atoms with Gasteiger partial charge in [0.25, 0.3) is 0 Å². The van der Waals surface area contributed by atoms with E-state index in [1.165, 1.54) is 6.33 Å². The van der Waals surface area contributed by atoms with Gasteiger partial charge in [-0.05, 0) is 18.1 Å². The lowest BCUT2D eigenvalue weighted by Gasteiger charge is -2.32. The normalized spacial score (nSPS) is 14.5. The molecule has 4 rings (SSSR count). The fourth-order valence-electron chi connectivity index (χ4n) is 3.34. The van der Waals surface area contributed by atoms with Crippen LogP contribution in [-0.2, 0) is 6.42 Å². The van der Waals surface area contributed by atoms with Crippen molar-refractivity contribution in [1.82, 2.24) is 19.9 Å². The molecule has 2 N–H and O–H groups in total. The van der Waals surface area contributed by atoms with Gasteiger partial charge in [0.15, 0.2) is 11.6 Å². The number of rotatable bonds is 6. The van der Waals surface area contributed by atoms with Crippen LogP contribution in [0, 0.1) is 5.82 Å². The van der Waals surface area contributed by atoms with Gasteiger partial charge in [-0.25, -0.2) is 19.3 Å². The van der Waals surface area contributed by atoms with Crippen LogP contribution in [0.15, 0.2) is 42.9 Å². The Balaban J connectivity index is 1.37. The van der Waals surface area contributed by atoms with Crippen LogP contribution >= 0.6 is 0 Å². The molecule has 8 nitrogen and oxygen atoms in total. The zero-order valence-electron chi connectivity index (χ0n) is 16.7. The molecule has 3 aromatic rings. The van der Waals surface area contributed by atoms with Crippen molar-refractivity contribution in [2.75, 3.05) is 23.7 Å². The number of aromatic nitrogens is 4. The molecule has 1 aliphatic heterocycles. The van der Waals surface area contributed by atoms with Crippen LogP contribution in [0.5, 0.6) is 17.6 Å². The molecule has 0 aliphatic carbocycles. The molecular weight excluding hydrogens is 387 g/mol. The zero-order chi connectivity index (χ0) is 20.9. The summed E-state index contributed by atoms with van der Waals surface area (Å²) in [7, 11) is 0. The minimum Gasteiger partial charge on any atom is -0.460 e. The summed E-state index contributed by atoms with van der Waals surface area (Å²) in [5, 5.41) is 0. The van der Waals surface area contributed by atoms with E-state index in [1.54, 1.807) is 0 Å². The van der Waals surface area contributed by atoms with Gasteiger partial charge in [0, 0.05) is 32.0 Å². The monoisotopic (exact) mass is 410 g/mol. The summed E-state index contributed by atoms with van der Waals surface area (Å²) < 4.78 is 24.9. The topological polar surface area (TPSA) is 99.3 Å². The van der Waals surface area contributed by atoms with Gasteiger partial charge in [-0.3, -0.25) is 0 Å². The van der Waals surface area contributed by atoms with E-state index in [-0.39, 0.29) is 17.9 Å². The number of nitrogen functional groups attached to an aromatic ring is 1. The van der Waals surface area contributed by atoms with E-state index < -0.39 is 5.82 Å². The van der Waals surface area contributed by atoms with E-state index in [9.17, 15) is 4.39 Å². The average Bonchev–Trinajstić information content (AvgIpc) is 2.77. The van der Waals surface area contributed by atoms with Crippen LogP contribution in [0.4, 0.5) is 16.0 Å². The summed E-state index contributed by atoms with van der Waals surface area (Å²) in [5.74, 6) is 1.25. The Hall–Kier alpha value is -3.49. The molecule has 9 heteroatoms. The highest BCUT2D eigenvalue weighted by molar-refractivity contribution is 5.43. The Bertz CT molecular complexity index is 1010. The lowest BCUT2D eigenvalue weighted by molar-refractivity contribution is 0.156. The molecule has 2 aromatic heterocycles. The minimum absolute atomic E-state index is 0.0694. The van der Waals surface area contributed by atoms with Crippen molar-refractivity contribution >= 4 is 11.6 Å². The molecule has 1 aliphatic rings. The Labute approximate surface area is 173 Å². The quantitative estimate of drug-likeness (QED) is 0.660. The molecule has 0 unspecified atom stereocenters. The summed E-state index contributed by atoms with van der Waals surface area (Å²) >= 11 is 0. The number of halogens is 1. The van der Waals surface area contributed by atoms with Crippen molar-refractivity contribution in [3.8, 4) is 17.6 Å². The first kappa shape index (κ1) is 19.8. The Kier molecular flexibility index (Phi) is 5.87. The lowest BCUT2D eigenvalue weighted by Crippen LogP contribution is -2.39. The summed E-state index contributed by atoms with van der Waals surface area (Å²) in [4.78, 5) is 18.5. The number of nitrogens with zero attached hydrogens (tertiary/aromatic N) is 5. The molecule has 0 spiro atoms. The van der Waals surface area contributed by atoms with Crippen molar-refractivity contribution < 1.29 is 13.9 Å². The fourth-order valence-corrected chi connectivity index (χ4v) is 3.34. The van der Waals surface area contributed by atoms with Crippen LogP contribution in [0.1, 0.15) is 25.3 Å². The van der Waals surface area contributed by atoms with Gasteiger partial charge in [-0.2, -0.15) is 4.98 Å². The molecule has 1 saturated heterocycles. The highest BCUT2D eigenvalue weighted by atomic mass is 19.1. The number of ether oxygens (including phenoxy) is 2. The maximum absolute atomic E-state index is 13.2. The van der Waals surface area contributed by atoms with Crippen molar-refractivity contribution in [3.63, 3.8) is 0 Å². The maximum Gasteiger partial charge on any atom is 0.318 e. The first-order valence-corrected chi connectivity index (χ1v) is 9.89.